The zero-order valence-corrected chi connectivity index (χ0v) is 18.6. The van der Waals surface area contributed by atoms with E-state index >= 15 is 0 Å². The molecule has 1 unspecified atom stereocenters. The second-order valence-electron chi connectivity index (χ2n) is 7.49. The van der Waals surface area contributed by atoms with E-state index in [1.54, 1.807) is 13.8 Å². The van der Waals surface area contributed by atoms with Gasteiger partial charge in [-0.25, -0.2) is 14.8 Å². The van der Waals surface area contributed by atoms with E-state index in [2.05, 4.69) is 16.8 Å². The maximum atomic E-state index is 12.3. The van der Waals surface area contributed by atoms with E-state index in [1.807, 2.05) is 54.6 Å². The molecule has 0 amide bonds. The van der Waals surface area contributed by atoms with Gasteiger partial charge in [-0.2, -0.15) is 0 Å². The zero-order valence-electron chi connectivity index (χ0n) is 17.9. The minimum absolute atomic E-state index is 0.00439. The number of benzene rings is 2. The second kappa shape index (κ2) is 8.99. The number of para-hydroxylation sites is 1. The highest BCUT2D eigenvalue weighted by molar-refractivity contribution is 6.43. The van der Waals surface area contributed by atoms with Crippen molar-refractivity contribution in [2.45, 2.75) is 24.8 Å². The van der Waals surface area contributed by atoms with Crippen LogP contribution in [0.25, 0.3) is 5.57 Å². The molecule has 0 spiro atoms. The Kier molecular flexibility index (Phi) is 6.13. The largest absolute Gasteiger partial charge is 0.515 e. The molecule has 2 aliphatic heterocycles. The Labute approximate surface area is 190 Å². The molecule has 4 rings (SSSR count). The SMILES string of the molecule is COCC1(Cl)C(OC(=O)OC(C)C)=NC(C#Cc2ccccc2)=C2N=c3ccccc3=C21. The van der Waals surface area contributed by atoms with Crippen molar-refractivity contribution in [1.29, 1.82) is 0 Å². The summed E-state index contributed by atoms with van der Waals surface area (Å²) >= 11 is 7.07. The van der Waals surface area contributed by atoms with Gasteiger partial charge in [0, 0.05) is 23.5 Å². The molecule has 0 aromatic heterocycles. The monoisotopic (exact) mass is 448 g/mol. The Balaban J connectivity index is 1.91. The van der Waals surface area contributed by atoms with Crippen molar-refractivity contribution < 1.29 is 19.0 Å². The molecule has 0 fully saturated rings. The molecule has 2 aromatic carbocycles. The highest BCUT2D eigenvalue weighted by Crippen LogP contribution is 2.40. The molecule has 2 aliphatic rings. The average Bonchev–Trinajstić information content (AvgIpc) is 3.16. The highest BCUT2D eigenvalue weighted by Gasteiger charge is 2.48. The van der Waals surface area contributed by atoms with Crippen molar-refractivity contribution in [2.24, 2.45) is 9.98 Å². The van der Waals surface area contributed by atoms with Crippen molar-refractivity contribution in [3.63, 3.8) is 0 Å². The summed E-state index contributed by atoms with van der Waals surface area (Å²) in [6.45, 7) is 3.45. The van der Waals surface area contributed by atoms with E-state index in [9.17, 15) is 4.79 Å². The summed E-state index contributed by atoms with van der Waals surface area (Å²) in [6.07, 6.45) is -1.26. The highest BCUT2D eigenvalue weighted by atomic mass is 35.5. The maximum absolute atomic E-state index is 12.3. The van der Waals surface area contributed by atoms with Crippen molar-refractivity contribution >= 4 is 29.2 Å². The fourth-order valence-electron chi connectivity index (χ4n) is 3.48. The van der Waals surface area contributed by atoms with Crippen LogP contribution in [-0.4, -0.2) is 36.7 Å². The molecule has 0 aliphatic carbocycles. The summed E-state index contributed by atoms with van der Waals surface area (Å²) in [7, 11) is 1.51. The molecule has 0 saturated carbocycles. The number of carbonyl (C=O) groups excluding carboxylic acids is 1. The van der Waals surface area contributed by atoms with Gasteiger partial charge in [0.2, 0.25) is 5.90 Å². The first-order valence-corrected chi connectivity index (χ1v) is 10.5. The van der Waals surface area contributed by atoms with Crippen LogP contribution in [0.1, 0.15) is 19.4 Å². The third-order valence-electron chi connectivity index (χ3n) is 4.77. The number of aliphatic imine (C=N–C) groups is 1. The lowest BCUT2D eigenvalue weighted by molar-refractivity contribution is 0.0669. The molecule has 0 saturated heterocycles. The van der Waals surface area contributed by atoms with Crippen molar-refractivity contribution in [1.82, 2.24) is 0 Å². The minimum atomic E-state index is -1.38. The van der Waals surface area contributed by atoms with Gasteiger partial charge in [-0.15, -0.1) is 11.6 Å². The van der Waals surface area contributed by atoms with Crippen LogP contribution >= 0.6 is 11.6 Å². The lowest BCUT2D eigenvalue weighted by Crippen LogP contribution is -2.46. The number of fused-ring (bicyclic) bond motifs is 2. The van der Waals surface area contributed by atoms with Gasteiger partial charge >= 0.3 is 6.16 Å². The fourth-order valence-corrected chi connectivity index (χ4v) is 3.86. The molecule has 2 heterocycles. The van der Waals surface area contributed by atoms with Gasteiger partial charge in [-0.1, -0.05) is 42.3 Å². The van der Waals surface area contributed by atoms with Gasteiger partial charge in [0.25, 0.3) is 0 Å². The van der Waals surface area contributed by atoms with Gasteiger partial charge in [-0.3, -0.25) is 0 Å². The van der Waals surface area contributed by atoms with Gasteiger partial charge < -0.3 is 14.2 Å². The van der Waals surface area contributed by atoms with Crippen LogP contribution in [0, 0.1) is 11.8 Å². The molecule has 7 heteroatoms. The molecule has 1 atom stereocenters. The summed E-state index contributed by atoms with van der Waals surface area (Å²) in [5, 5.41) is 1.54. The Bertz CT molecular complexity index is 1300. The molecule has 2 aromatic rings. The van der Waals surface area contributed by atoms with Crippen LogP contribution in [0.4, 0.5) is 4.79 Å². The lowest BCUT2D eigenvalue weighted by Gasteiger charge is -2.31. The number of hydrogen-bond donors (Lipinski definition) is 0. The predicted molar refractivity (Wildman–Crippen MR) is 122 cm³/mol. The van der Waals surface area contributed by atoms with E-state index in [-0.39, 0.29) is 18.6 Å². The molecular formula is C25H21ClN2O4. The Morgan fingerprint density at radius 2 is 1.78 bits per heavy atom. The van der Waals surface area contributed by atoms with E-state index in [0.717, 1.165) is 16.1 Å². The van der Waals surface area contributed by atoms with Crippen LogP contribution in [0.2, 0.25) is 0 Å². The average molecular weight is 449 g/mol. The van der Waals surface area contributed by atoms with Crippen LogP contribution in [-0.2, 0) is 14.2 Å². The van der Waals surface area contributed by atoms with Crippen LogP contribution in [0.5, 0.6) is 0 Å². The number of carbonyl (C=O) groups is 1. The van der Waals surface area contributed by atoms with Gasteiger partial charge in [-0.05, 0) is 38.0 Å². The van der Waals surface area contributed by atoms with Crippen molar-refractivity contribution in [3.8, 4) is 11.8 Å². The summed E-state index contributed by atoms with van der Waals surface area (Å²) in [6, 6.07) is 17.1. The van der Waals surface area contributed by atoms with E-state index < -0.39 is 11.0 Å². The molecule has 6 nitrogen and oxygen atoms in total. The van der Waals surface area contributed by atoms with E-state index in [4.69, 9.17) is 30.8 Å². The first-order valence-electron chi connectivity index (χ1n) is 10.1. The quantitative estimate of drug-likeness (QED) is 0.410. The number of ether oxygens (including phenoxy) is 3. The minimum Gasteiger partial charge on any atom is -0.431 e. The normalized spacial score (nSPS) is 18.8. The van der Waals surface area contributed by atoms with Gasteiger partial charge in [0.15, 0.2) is 4.87 Å². The molecule has 32 heavy (non-hydrogen) atoms. The lowest BCUT2D eigenvalue weighted by atomic mass is 9.91. The second-order valence-corrected chi connectivity index (χ2v) is 8.13. The summed E-state index contributed by atoms with van der Waals surface area (Å²) in [5.74, 6) is 6.09. The van der Waals surface area contributed by atoms with Crippen molar-refractivity contribution in [3.05, 3.63) is 82.1 Å². The van der Waals surface area contributed by atoms with E-state index in [1.165, 1.54) is 7.11 Å². The van der Waals surface area contributed by atoms with Crippen LogP contribution in [0.3, 0.4) is 0 Å². The molecular weight excluding hydrogens is 428 g/mol. The number of methoxy groups -OCH3 is 1. The number of alkyl halides is 1. The molecule has 0 bridgehead atoms. The fraction of sp³-hybridized carbons (Fsp3) is 0.240. The first kappa shape index (κ1) is 21.8. The van der Waals surface area contributed by atoms with Gasteiger partial charge in [0.1, 0.15) is 11.4 Å². The number of nitrogens with zero attached hydrogens (tertiary/aromatic N) is 2. The van der Waals surface area contributed by atoms with Crippen LogP contribution < -0.4 is 10.6 Å². The Morgan fingerprint density at radius 1 is 1.06 bits per heavy atom. The predicted octanol–water partition coefficient (Wildman–Crippen LogP) is 3.33. The number of halogens is 1. The summed E-state index contributed by atoms with van der Waals surface area (Å²) in [4.78, 5) is 20.2. The number of allylic oxidation sites excluding steroid dienone is 2. The standard InChI is InChI=1S/C25H21ClN2O4/c1-16(2)31-24(29)32-23-25(26,15-30-3)21-18-11-7-8-12-19(18)27-22(21)20(28-23)14-13-17-9-5-4-6-10-17/h4-12,16H,15H2,1-3H3. The number of hydrogen-bond acceptors (Lipinski definition) is 6. The van der Waals surface area contributed by atoms with Crippen molar-refractivity contribution in [2.75, 3.05) is 13.7 Å². The topological polar surface area (TPSA) is 69.5 Å². The third kappa shape index (κ3) is 4.18. The molecule has 0 N–H and O–H groups in total. The molecule has 162 valence electrons. The Hall–Kier alpha value is -3.40. The van der Waals surface area contributed by atoms with Gasteiger partial charge in [0.05, 0.1) is 18.1 Å². The third-order valence-corrected chi connectivity index (χ3v) is 5.23. The summed E-state index contributed by atoms with van der Waals surface area (Å²) < 4.78 is 16.0. The maximum Gasteiger partial charge on any atom is 0.515 e. The van der Waals surface area contributed by atoms with Crippen LogP contribution in [0.15, 0.2) is 76.0 Å². The summed E-state index contributed by atoms with van der Waals surface area (Å²) in [5.41, 5.74) is 2.33. The first-order chi connectivity index (χ1) is 15.4. The Morgan fingerprint density at radius 3 is 2.50 bits per heavy atom. The van der Waals surface area contributed by atoms with E-state index in [0.29, 0.717) is 17.0 Å². The smallest absolute Gasteiger partial charge is 0.431 e. The number of rotatable bonds is 3. The molecule has 0 radical (unpaired) electrons. The zero-order chi connectivity index (χ0) is 22.7.